The summed E-state index contributed by atoms with van der Waals surface area (Å²) in [6.07, 6.45) is 0. The molecule has 1 aromatic carbocycles. The van der Waals surface area contributed by atoms with E-state index in [1.165, 1.54) is 18.2 Å². The molecule has 0 aliphatic heterocycles. The van der Waals surface area contributed by atoms with Gasteiger partial charge >= 0.3 is 5.82 Å². The average molecular weight is 245 g/mol. The maximum Gasteiger partial charge on any atom is 0.526 e. The minimum absolute atomic E-state index is 0.0969. The molecule has 0 aromatic heterocycles. The molecule has 5 nitrogen and oxygen atoms in total. The Morgan fingerprint density at radius 3 is 2.21 bits per heavy atom. The first-order chi connectivity index (χ1) is 9.08. The fourth-order valence-electron chi connectivity index (χ4n) is 1.47. The summed E-state index contributed by atoms with van der Waals surface area (Å²) in [6, 6.07) is 8.01. The predicted molar refractivity (Wildman–Crippen MR) is 70.2 cm³/mol. The van der Waals surface area contributed by atoms with E-state index in [4.69, 9.17) is 29.4 Å². The summed E-state index contributed by atoms with van der Waals surface area (Å²) in [5, 5.41) is 18.5. The summed E-state index contributed by atoms with van der Waals surface area (Å²) < 4.78 is 0. The molecule has 19 heavy (non-hydrogen) atoms. The van der Waals surface area contributed by atoms with Crippen LogP contribution >= 0.6 is 0 Å². The van der Waals surface area contributed by atoms with Crippen LogP contribution in [0.15, 0.2) is 24.8 Å². The van der Waals surface area contributed by atoms with E-state index in [-0.39, 0.29) is 17.1 Å². The number of nitrogens with two attached hydrogens (primary N) is 1. The summed E-state index contributed by atoms with van der Waals surface area (Å²) in [6.45, 7) is 17.4. The molecule has 0 atom stereocenters. The second kappa shape index (κ2) is 5.69. The van der Waals surface area contributed by atoms with Crippen LogP contribution in [0.2, 0.25) is 0 Å². The van der Waals surface area contributed by atoms with Crippen LogP contribution in [-0.4, -0.2) is 0 Å². The molecule has 0 aliphatic carbocycles. The molecular weight excluding hydrogens is 238 g/mol. The molecule has 0 saturated carbocycles. The zero-order valence-corrected chi connectivity index (χ0v) is 9.81. The van der Waals surface area contributed by atoms with Crippen molar-refractivity contribution in [1.29, 1.82) is 10.5 Å². The van der Waals surface area contributed by atoms with Gasteiger partial charge in [-0.25, -0.2) is 0 Å². The van der Waals surface area contributed by atoms with E-state index in [0.29, 0.717) is 16.0 Å². The number of benzene rings is 1. The molecule has 5 heteroatoms. The summed E-state index contributed by atoms with van der Waals surface area (Å²) in [4.78, 5) is 6.19. The fraction of sp³-hybridized carbons (Fsp3) is 0. The highest BCUT2D eigenvalue weighted by molar-refractivity contribution is 5.77. The third-order valence-corrected chi connectivity index (χ3v) is 2.33. The zero-order chi connectivity index (χ0) is 14.4. The maximum atomic E-state index is 8.87. The quantitative estimate of drug-likeness (QED) is 0.740. The lowest BCUT2D eigenvalue weighted by Gasteiger charge is -2.01. The van der Waals surface area contributed by atoms with Crippen molar-refractivity contribution in [2.45, 2.75) is 0 Å². The highest BCUT2D eigenvalue weighted by atomic mass is 14.9. The first-order valence-electron chi connectivity index (χ1n) is 4.97. The summed E-state index contributed by atoms with van der Waals surface area (Å²) in [5.74, 6) is -0.107. The lowest BCUT2D eigenvalue weighted by Crippen LogP contribution is -2.19. The largest absolute Gasteiger partial charge is 0.526 e. The summed E-state index contributed by atoms with van der Waals surface area (Å²) in [7, 11) is 0. The molecule has 0 radical (unpaired) electrons. The fourth-order valence-corrected chi connectivity index (χ4v) is 1.47. The monoisotopic (exact) mass is 245 g/mol. The van der Waals surface area contributed by atoms with Gasteiger partial charge in [0.05, 0.1) is 5.22 Å². The molecule has 0 saturated heterocycles. The standard InChI is InChI=1S/C14H7N5/c1-9(17)13-6-10(14(18-2)19-3)4-5-12(13)11(7-15)8-16/h4-6H,1,17H2. The Kier molecular flexibility index (Phi) is 4.05. The van der Waals surface area contributed by atoms with Crippen molar-refractivity contribution in [1.82, 2.24) is 0 Å². The Morgan fingerprint density at radius 1 is 1.21 bits per heavy atom. The topological polar surface area (TPSA) is 82.3 Å². The molecule has 0 fully saturated rings. The van der Waals surface area contributed by atoms with Crippen LogP contribution in [0.1, 0.15) is 5.56 Å². The lowest BCUT2D eigenvalue weighted by atomic mass is 10.0. The molecule has 0 aliphatic rings. The predicted octanol–water partition coefficient (Wildman–Crippen LogP) is 0.718. The first-order valence-corrected chi connectivity index (χ1v) is 4.97. The molecule has 0 bridgehead atoms. The molecular formula is C14H7N5. The molecule has 88 valence electrons. The highest BCUT2D eigenvalue weighted by Crippen LogP contribution is 2.02. The van der Waals surface area contributed by atoms with Gasteiger partial charge in [0, 0.05) is 16.5 Å². The van der Waals surface area contributed by atoms with Gasteiger partial charge in [0.25, 0.3) is 0 Å². The minimum atomic E-state index is -0.107. The van der Waals surface area contributed by atoms with Crippen molar-refractivity contribution in [3.63, 3.8) is 0 Å². The molecule has 1 aromatic rings. The Bertz CT molecular complexity index is 800. The number of nitrogens with zero attached hydrogens (tertiary/aromatic N) is 4. The number of hydrogen-bond acceptors (Lipinski definition) is 3. The van der Waals surface area contributed by atoms with Crippen LogP contribution in [0.4, 0.5) is 0 Å². The van der Waals surface area contributed by atoms with E-state index in [9.17, 15) is 0 Å². The van der Waals surface area contributed by atoms with Gasteiger partial charge in [-0.3, -0.25) is 0 Å². The van der Waals surface area contributed by atoms with E-state index in [0.717, 1.165) is 0 Å². The van der Waals surface area contributed by atoms with Gasteiger partial charge in [0.1, 0.15) is 30.9 Å². The number of rotatable bonds is 1. The Morgan fingerprint density at radius 2 is 1.79 bits per heavy atom. The average Bonchev–Trinajstić information content (AvgIpc) is 2.42. The molecule has 0 heterocycles. The third kappa shape index (κ3) is 2.59. The lowest BCUT2D eigenvalue weighted by molar-refractivity contribution is 1.41. The van der Waals surface area contributed by atoms with E-state index in [2.05, 4.69) is 16.3 Å². The van der Waals surface area contributed by atoms with Crippen LogP contribution in [0.5, 0.6) is 0 Å². The van der Waals surface area contributed by atoms with Crippen molar-refractivity contribution < 1.29 is 0 Å². The van der Waals surface area contributed by atoms with Crippen LogP contribution in [0.25, 0.3) is 26.8 Å². The second-order valence-electron chi connectivity index (χ2n) is 3.43. The molecule has 1 rings (SSSR count). The van der Waals surface area contributed by atoms with Gasteiger partial charge in [-0.2, -0.15) is 20.2 Å². The van der Waals surface area contributed by atoms with E-state index < -0.39 is 0 Å². The molecule has 0 unspecified atom stereocenters. The van der Waals surface area contributed by atoms with Gasteiger partial charge < -0.3 is 5.73 Å². The minimum Gasteiger partial charge on any atom is -0.399 e. The zero-order valence-electron chi connectivity index (χ0n) is 9.81. The molecule has 2 N–H and O–H groups in total. The van der Waals surface area contributed by atoms with Crippen molar-refractivity contribution in [3.05, 3.63) is 63.6 Å². The Labute approximate surface area is 110 Å². The first kappa shape index (κ1) is 13.5. The highest BCUT2D eigenvalue weighted by Gasteiger charge is 2.08. The molecule has 0 spiro atoms. The van der Waals surface area contributed by atoms with Crippen LogP contribution in [0, 0.1) is 35.8 Å². The van der Waals surface area contributed by atoms with Gasteiger partial charge in [-0.1, -0.05) is 18.7 Å². The van der Waals surface area contributed by atoms with Gasteiger partial charge in [0.2, 0.25) is 0 Å². The van der Waals surface area contributed by atoms with E-state index in [1.807, 2.05) is 0 Å². The summed E-state index contributed by atoms with van der Waals surface area (Å²) >= 11 is 0. The van der Waals surface area contributed by atoms with Crippen molar-refractivity contribution in [2.75, 3.05) is 0 Å². The third-order valence-electron chi connectivity index (χ3n) is 2.33. The van der Waals surface area contributed by atoms with Gasteiger partial charge in [-0.05, 0) is 6.07 Å². The van der Waals surface area contributed by atoms with Crippen molar-refractivity contribution >= 4 is 17.1 Å². The van der Waals surface area contributed by atoms with Crippen molar-refractivity contribution in [3.8, 4) is 12.1 Å². The summed E-state index contributed by atoms with van der Waals surface area (Å²) in [5.41, 5.74) is 6.06. The normalized spacial score (nSPS) is 8.21. The van der Waals surface area contributed by atoms with Crippen molar-refractivity contribution in [2.24, 2.45) is 5.73 Å². The van der Waals surface area contributed by atoms with Crippen LogP contribution in [0.3, 0.4) is 0 Å². The number of hydrogen-bond donors (Lipinski definition) is 1. The SMILES string of the molecule is [C-]#[N+]C([N+]#[C-])=c1ccc(=C(C#N)C#N)c(C(=C)N)c1. The Balaban J connectivity index is 3.98. The number of nitriles is 2. The maximum absolute atomic E-state index is 8.87. The van der Waals surface area contributed by atoms with Gasteiger partial charge in [-0.15, -0.1) is 0 Å². The molecule has 0 amide bonds. The van der Waals surface area contributed by atoms with Crippen LogP contribution in [-0.2, 0) is 0 Å². The second-order valence-corrected chi connectivity index (χ2v) is 3.43. The van der Waals surface area contributed by atoms with Crippen LogP contribution < -0.4 is 16.2 Å². The Hall–Kier alpha value is -3.54. The van der Waals surface area contributed by atoms with E-state index in [1.54, 1.807) is 12.1 Å². The van der Waals surface area contributed by atoms with E-state index >= 15 is 0 Å². The van der Waals surface area contributed by atoms with Gasteiger partial charge in [0.15, 0.2) is 0 Å². The smallest absolute Gasteiger partial charge is 0.399 e.